The third-order valence-electron chi connectivity index (χ3n) is 3.42. The largest absolute Gasteiger partial charge is 0.348 e. The number of carbonyl (C=O) groups is 1. The van der Waals surface area contributed by atoms with Gasteiger partial charge >= 0.3 is 0 Å². The molecule has 1 N–H and O–H groups in total. The van der Waals surface area contributed by atoms with E-state index < -0.39 is 0 Å². The average molecular weight is 325 g/mol. The normalized spacial score (nSPS) is 10.5. The Morgan fingerprint density at radius 1 is 1.30 bits per heavy atom. The van der Waals surface area contributed by atoms with Crippen LogP contribution in [0.25, 0.3) is 10.6 Å². The van der Waals surface area contributed by atoms with Crippen LogP contribution in [0.3, 0.4) is 0 Å². The van der Waals surface area contributed by atoms with Crippen molar-refractivity contribution in [3.8, 4) is 10.6 Å². The van der Waals surface area contributed by atoms with Gasteiger partial charge in [0.15, 0.2) is 0 Å². The van der Waals surface area contributed by atoms with Gasteiger partial charge in [0.25, 0.3) is 11.5 Å². The van der Waals surface area contributed by atoms with E-state index in [2.05, 4.69) is 10.3 Å². The first kappa shape index (κ1) is 15.2. The Balaban J connectivity index is 1.73. The highest BCUT2D eigenvalue weighted by Gasteiger charge is 2.11. The van der Waals surface area contributed by atoms with Crippen LogP contribution in [0.15, 0.2) is 59.0 Å². The van der Waals surface area contributed by atoms with E-state index >= 15 is 0 Å². The number of aromatic nitrogens is 2. The second kappa shape index (κ2) is 6.58. The van der Waals surface area contributed by atoms with Crippen molar-refractivity contribution in [2.75, 3.05) is 0 Å². The molecule has 0 aliphatic heterocycles. The first-order chi connectivity index (χ1) is 11.1. The predicted octanol–water partition coefficient (Wildman–Crippen LogP) is 2.44. The third-order valence-corrected chi connectivity index (χ3v) is 4.31. The van der Waals surface area contributed by atoms with E-state index in [1.54, 1.807) is 36.8 Å². The average Bonchev–Trinajstić information content (AvgIpc) is 3.10. The number of carbonyl (C=O) groups excluding carboxylic acids is 1. The molecule has 0 aliphatic rings. The van der Waals surface area contributed by atoms with Crippen LogP contribution in [0.1, 0.15) is 15.9 Å². The second-order valence-electron chi connectivity index (χ2n) is 5.05. The van der Waals surface area contributed by atoms with Gasteiger partial charge in [-0.15, -0.1) is 11.3 Å². The van der Waals surface area contributed by atoms with Gasteiger partial charge in [-0.05, 0) is 41.3 Å². The van der Waals surface area contributed by atoms with Gasteiger partial charge < -0.3 is 9.88 Å². The lowest BCUT2D eigenvalue weighted by Crippen LogP contribution is -2.31. The molecule has 3 aromatic heterocycles. The fourth-order valence-corrected chi connectivity index (χ4v) is 2.88. The van der Waals surface area contributed by atoms with Gasteiger partial charge in [-0.25, -0.2) is 0 Å². The van der Waals surface area contributed by atoms with Crippen molar-refractivity contribution in [1.82, 2.24) is 14.9 Å². The van der Waals surface area contributed by atoms with E-state index in [1.165, 1.54) is 10.6 Å². The molecule has 0 unspecified atom stereocenters. The van der Waals surface area contributed by atoms with E-state index in [-0.39, 0.29) is 17.0 Å². The number of aryl methyl sites for hydroxylation is 1. The fourth-order valence-electron chi connectivity index (χ4n) is 2.19. The topological polar surface area (TPSA) is 64.0 Å². The lowest BCUT2D eigenvalue weighted by molar-refractivity contribution is 0.0949. The van der Waals surface area contributed by atoms with E-state index in [0.717, 1.165) is 16.1 Å². The molecule has 0 saturated heterocycles. The van der Waals surface area contributed by atoms with Crippen LogP contribution in [0.5, 0.6) is 0 Å². The molecule has 0 aliphatic carbocycles. The molecular formula is C17H15N3O2S. The van der Waals surface area contributed by atoms with Crippen LogP contribution in [-0.4, -0.2) is 15.5 Å². The maximum atomic E-state index is 12.2. The number of nitrogens with zero attached hydrogens (tertiary/aromatic N) is 2. The molecular weight excluding hydrogens is 310 g/mol. The van der Waals surface area contributed by atoms with Crippen LogP contribution in [0.2, 0.25) is 0 Å². The first-order valence-corrected chi connectivity index (χ1v) is 7.96. The van der Waals surface area contributed by atoms with E-state index in [1.807, 2.05) is 29.6 Å². The van der Waals surface area contributed by atoms with Crippen molar-refractivity contribution in [3.05, 3.63) is 75.7 Å². The van der Waals surface area contributed by atoms with Crippen LogP contribution in [0, 0.1) is 0 Å². The van der Waals surface area contributed by atoms with Crippen LogP contribution in [0.4, 0.5) is 0 Å². The summed E-state index contributed by atoms with van der Waals surface area (Å²) in [5.41, 5.74) is 1.65. The molecule has 6 heteroatoms. The monoisotopic (exact) mass is 325 g/mol. The minimum Gasteiger partial charge on any atom is -0.348 e. The molecule has 0 radical (unpaired) electrons. The van der Waals surface area contributed by atoms with E-state index in [9.17, 15) is 9.59 Å². The molecule has 1 amide bonds. The Kier molecular flexibility index (Phi) is 4.34. The molecule has 0 bridgehead atoms. The SMILES string of the molecule is Cn1cccc(C(=O)NCc2ccnc(-c3cccs3)c2)c1=O. The molecule has 0 atom stereocenters. The van der Waals surface area contributed by atoms with Crippen molar-refractivity contribution in [1.29, 1.82) is 0 Å². The number of pyridine rings is 2. The molecule has 0 saturated carbocycles. The minimum absolute atomic E-state index is 0.141. The zero-order valence-electron chi connectivity index (χ0n) is 12.5. The Labute approximate surface area is 137 Å². The number of rotatable bonds is 4. The highest BCUT2D eigenvalue weighted by Crippen LogP contribution is 2.22. The van der Waals surface area contributed by atoms with Crippen molar-refractivity contribution >= 4 is 17.2 Å². The summed E-state index contributed by atoms with van der Waals surface area (Å²) in [6.07, 6.45) is 3.34. The number of thiophene rings is 1. The lowest BCUT2D eigenvalue weighted by atomic mass is 10.2. The first-order valence-electron chi connectivity index (χ1n) is 7.08. The van der Waals surface area contributed by atoms with E-state index in [4.69, 9.17) is 0 Å². The molecule has 3 rings (SSSR count). The molecule has 3 heterocycles. The molecule has 0 fully saturated rings. The van der Waals surface area contributed by atoms with Crippen molar-refractivity contribution in [2.45, 2.75) is 6.54 Å². The smallest absolute Gasteiger partial charge is 0.263 e. The number of hydrogen-bond acceptors (Lipinski definition) is 4. The summed E-state index contributed by atoms with van der Waals surface area (Å²) < 4.78 is 1.39. The third kappa shape index (κ3) is 3.37. The number of hydrogen-bond donors (Lipinski definition) is 1. The lowest BCUT2D eigenvalue weighted by Gasteiger charge is -2.07. The Morgan fingerprint density at radius 2 is 2.17 bits per heavy atom. The Hall–Kier alpha value is -2.73. The van der Waals surface area contributed by atoms with Gasteiger partial charge in [0.05, 0.1) is 10.6 Å². The Morgan fingerprint density at radius 3 is 2.96 bits per heavy atom. The fraction of sp³-hybridized carbons (Fsp3) is 0.118. The zero-order valence-corrected chi connectivity index (χ0v) is 13.3. The quantitative estimate of drug-likeness (QED) is 0.801. The summed E-state index contributed by atoms with van der Waals surface area (Å²) >= 11 is 1.62. The predicted molar refractivity (Wildman–Crippen MR) is 90.4 cm³/mol. The summed E-state index contributed by atoms with van der Waals surface area (Å²) in [7, 11) is 1.62. The van der Waals surface area contributed by atoms with Crippen molar-refractivity contribution < 1.29 is 4.79 Å². The van der Waals surface area contributed by atoms with Crippen molar-refractivity contribution in [2.24, 2.45) is 7.05 Å². The van der Waals surface area contributed by atoms with Crippen molar-refractivity contribution in [3.63, 3.8) is 0 Å². The summed E-state index contributed by atoms with van der Waals surface area (Å²) in [5, 5.41) is 4.78. The maximum Gasteiger partial charge on any atom is 0.263 e. The van der Waals surface area contributed by atoms with Crippen LogP contribution in [-0.2, 0) is 13.6 Å². The summed E-state index contributed by atoms with van der Waals surface area (Å²) in [5.74, 6) is -0.374. The highest BCUT2D eigenvalue weighted by molar-refractivity contribution is 7.13. The van der Waals surface area contributed by atoms with Gasteiger partial charge in [0.2, 0.25) is 0 Å². The van der Waals surface area contributed by atoms with Gasteiger partial charge in [-0.3, -0.25) is 14.6 Å². The molecule has 3 aromatic rings. The molecule has 5 nitrogen and oxygen atoms in total. The molecule has 0 spiro atoms. The van der Waals surface area contributed by atoms with Crippen LogP contribution < -0.4 is 10.9 Å². The van der Waals surface area contributed by atoms with Gasteiger partial charge in [0.1, 0.15) is 5.56 Å². The summed E-state index contributed by atoms with van der Waals surface area (Å²) in [6.45, 7) is 0.345. The summed E-state index contributed by atoms with van der Waals surface area (Å²) in [6, 6.07) is 11.0. The highest BCUT2D eigenvalue weighted by atomic mass is 32.1. The second-order valence-corrected chi connectivity index (χ2v) is 5.99. The molecule has 116 valence electrons. The zero-order chi connectivity index (χ0) is 16.2. The summed E-state index contributed by atoms with van der Waals surface area (Å²) in [4.78, 5) is 29.5. The van der Waals surface area contributed by atoms with Gasteiger partial charge in [-0.2, -0.15) is 0 Å². The molecule has 23 heavy (non-hydrogen) atoms. The number of nitrogens with one attached hydrogen (secondary N) is 1. The number of amides is 1. The minimum atomic E-state index is -0.374. The molecule has 0 aromatic carbocycles. The van der Waals surface area contributed by atoms with Gasteiger partial charge in [-0.1, -0.05) is 6.07 Å². The van der Waals surface area contributed by atoms with Crippen LogP contribution >= 0.6 is 11.3 Å². The standard InChI is InChI=1S/C17H15N3O2S/c1-20-8-2-4-13(17(20)22)16(21)19-11-12-6-7-18-14(10-12)15-5-3-9-23-15/h2-10H,11H2,1H3,(H,19,21). The van der Waals surface area contributed by atoms with E-state index in [0.29, 0.717) is 6.54 Å². The van der Waals surface area contributed by atoms with Gasteiger partial charge in [0, 0.05) is 26.0 Å². The Bertz CT molecular complexity index is 885. The maximum absolute atomic E-state index is 12.2.